The quantitative estimate of drug-likeness (QED) is 0.810. The number of amides is 1. The zero-order valence-electron chi connectivity index (χ0n) is 8.40. The van der Waals surface area contributed by atoms with Gasteiger partial charge < -0.3 is 0 Å². The van der Waals surface area contributed by atoms with E-state index in [0.717, 1.165) is 22.3 Å². The minimum absolute atomic E-state index is 0.0463. The van der Waals surface area contributed by atoms with Gasteiger partial charge in [-0.05, 0) is 24.6 Å². The van der Waals surface area contributed by atoms with Gasteiger partial charge in [-0.1, -0.05) is 28.9 Å². The molecular weight excluding hydrogens is 256 g/mol. The van der Waals surface area contributed by atoms with E-state index in [1.54, 1.807) is 0 Å². The van der Waals surface area contributed by atoms with E-state index in [1.165, 1.54) is 5.01 Å². The number of rotatable bonds is 2. The molecule has 0 fully saturated rings. The average molecular weight is 267 g/mol. The van der Waals surface area contributed by atoms with Crippen LogP contribution in [0.1, 0.15) is 19.8 Å². The van der Waals surface area contributed by atoms with Gasteiger partial charge in [-0.15, -0.1) is 0 Å². The van der Waals surface area contributed by atoms with E-state index in [9.17, 15) is 4.79 Å². The predicted octanol–water partition coefficient (Wildman–Crippen LogP) is 2.95. The van der Waals surface area contributed by atoms with E-state index >= 15 is 0 Å². The third-order valence-corrected chi connectivity index (χ3v) is 2.79. The first-order valence-corrected chi connectivity index (χ1v) is 5.65. The van der Waals surface area contributed by atoms with Crippen LogP contribution in [-0.2, 0) is 4.79 Å². The Labute approximate surface area is 96.9 Å². The third-order valence-electron chi connectivity index (χ3n) is 2.29. The Morgan fingerprint density at radius 1 is 1.53 bits per heavy atom. The maximum atomic E-state index is 11.7. The number of benzene rings is 1. The molecular formula is C11H11BrN2O. The van der Waals surface area contributed by atoms with Crippen molar-refractivity contribution in [2.75, 3.05) is 5.01 Å². The molecule has 15 heavy (non-hydrogen) atoms. The summed E-state index contributed by atoms with van der Waals surface area (Å²) in [6.45, 7) is 2.01. The van der Waals surface area contributed by atoms with E-state index in [1.807, 2.05) is 31.2 Å². The van der Waals surface area contributed by atoms with Gasteiger partial charge in [0.15, 0.2) is 0 Å². The molecule has 0 N–H and O–H groups in total. The summed E-state index contributed by atoms with van der Waals surface area (Å²) in [7, 11) is 0. The van der Waals surface area contributed by atoms with Gasteiger partial charge in [0.2, 0.25) is 0 Å². The lowest BCUT2D eigenvalue weighted by Gasteiger charge is -2.11. The van der Waals surface area contributed by atoms with Crippen molar-refractivity contribution in [1.29, 1.82) is 0 Å². The minimum atomic E-state index is 0.0463. The summed E-state index contributed by atoms with van der Waals surface area (Å²) < 4.78 is 0.952. The highest BCUT2D eigenvalue weighted by Gasteiger charge is 2.23. The standard InChI is InChI=1S/C11H11BrN2O/c1-2-9-7-11(15)14(13-9)10-5-3-4-8(12)6-10/h3-6H,2,7H2,1H3. The van der Waals surface area contributed by atoms with E-state index in [4.69, 9.17) is 0 Å². The molecule has 0 aliphatic carbocycles. The number of hydrazone groups is 1. The number of carbonyl (C=O) groups excluding carboxylic acids is 1. The lowest BCUT2D eigenvalue weighted by atomic mass is 10.2. The van der Waals surface area contributed by atoms with Crippen LogP contribution in [0.25, 0.3) is 0 Å². The molecule has 2 rings (SSSR count). The van der Waals surface area contributed by atoms with Crippen molar-refractivity contribution in [1.82, 2.24) is 0 Å². The Kier molecular flexibility index (Phi) is 2.86. The molecule has 4 heteroatoms. The van der Waals surface area contributed by atoms with Crippen LogP contribution in [0, 0.1) is 0 Å². The predicted molar refractivity (Wildman–Crippen MR) is 64.0 cm³/mol. The number of anilines is 1. The number of hydrogen-bond acceptors (Lipinski definition) is 2. The van der Waals surface area contributed by atoms with E-state index in [0.29, 0.717) is 6.42 Å². The lowest BCUT2D eigenvalue weighted by molar-refractivity contribution is -0.116. The molecule has 78 valence electrons. The van der Waals surface area contributed by atoms with Gasteiger partial charge in [0.05, 0.1) is 12.1 Å². The first kappa shape index (κ1) is 10.4. The monoisotopic (exact) mass is 266 g/mol. The molecule has 0 saturated carbocycles. The van der Waals surface area contributed by atoms with Crippen LogP contribution in [0.2, 0.25) is 0 Å². The van der Waals surface area contributed by atoms with Crippen LogP contribution in [-0.4, -0.2) is 11.6 Å². The summed E-state index contributed by atoms with van der Waals surface area (Å²) in [5.74, 6) is 0.0463. The smallest absolute Gasteiger partial charge is 0.253 e. The fourth-order valence-corrected chi connectivity index (χ4v) is 1.87. The fraction of sp³-hybridized carbons (Fsp3) is 0.273. The summed E-state index contributed by atoms with van der Waals surface area (Å²) in [6, 6.07) is 7.59. The highest BCUT2D eigenvalue weighted by atomic mass is 79.9. The maximum Gasteiger partial charge on any atom is 0.253 e. The second kappa shape index (κ2) is 4.14. The third kappa shape index (κ3) is 2.09. The van der Waals surface area contributed by atoms with E-state index < -0.39 is 0 Å². The summed E-state index contributed by atoms with van der Waals surface area (Å²) in [6.07, 6.45) is 1.28. The Balaban J connectivity index is 2.32. The molecule has 0 radical (unpaired) electrons. The molecule has 0 atom stereocenters. The van der Waals surface area contributed by atoms with Gasteiger partial charge in [-0.2, -0.15) is 5.10 Å². The highest BCUT2D eigenvalue weighted by Crippen LogP contribution is 2.24. The van der Waals surface area contributed by atoms with Crippen molar-refractivity contribution in [3.63, 3.8) is 0 Å². The van der Waals surface area contributed by atoms with E-state index in [-0.39, 0.29) is 5.91 Å². The average Bonchev–Trinajstić information content (AvgIpc) is 2.60. The second-order valence-corrected chi connectivity index (χ2v) is 4.30. The van der Waals surface area contributed by atoms with Crippen molar-refractivity contribution >= 4 is 33.2 Å². The molecule has 3 nitrogen and oxygen atoms in total. The van der Waals surface area contributed by atoms with Crippen LogP contribution in [0.3, 0.4) is 0 Å². The molecule has 1 aromatic rings. The molecule has 0 aromatic heterocycles. The Morgan fingerprint density at radius 2 is 2.33 bits per heavy atom. The summed E-state index contributed by atoms with van der Waals surface area (Å²) >= 11 is 3.37. The first-order chi connectivity index (χ1) is 7.20. The molecule has 1 aliphatic rings. The van der Waals surface area contributed by atoms with Crippen molar-refractivity contribution < 1.29 is 4.79 Å². The zero-order valence-corrected chi connectivity index (χ0v) is 9.99. The Bertz CT molecular complexity index is 428. The number of nitrogens with zero attached hydrogens (tertiary/aromatic N) is 2. The van der Waals surface area contributed by atoms with Crippen molar-refractivity contribution in [3.8, 4) is 0 Å². The molecule has 1 aliphatic heterocycles. The molecule has 0 unspecified atom stereocenters. The van der Waals surface area contributed by atoms with Crippen molar-refractivity contribution in [3.05, 3.63) is 28.7 Å². The van der Waals surface area contributed by atoms with Gasteiger partial charge in [0.1, 0.15) is 0 Å². The number of hydrogen-bond donors (Lipinski definition) is 0. The molecule has 1 heterocycles. The minimum Gasteiger partial charge on any atom is -0.272 e. The largest absolute Gasteiger partial charge is 0.272 e. The van der Waals surface area contributed by atoms with Crippen molar-refractivity contribution in [2.45, 2.75) is 19.8 Å². The summed E-state index contributed by atoms with van der Waals surface area (Å²) in [5.41, 5.74) is 1.76. The van der Waals surface area contributed by atoms with Crippen LogP contribution >= 0.6 is 15.9 Å². The van der Waals surface area contributed by atoms with Gasteiger partial charge in [0.25, 0.3) is 5.91 Å². The highest BCUT2D eigenvalue weighted by molar-refractivity contribution is 9.10. The molecule has 0 spiro atoms. The first-order valence-electron chi connectivity index (χ1n) is 4.85. The molecule has 0 saturated heterocycles. The molecule has 0 bridgehead atoms. The fourth-order valence-electron chi connectivity index (χ4n) is 1.49. The van der Waals surface area contributed by atoms with E-state index in [2.05, 4.69) is 21.0 Å². The SMILES string of the molecule is CCC1=NN(c2cccc(Br)c2)C(=O)C1. The van der Waals surface area contributed by atoms with Gasteiger partial charge in [-0.3, -0.25) is 4.79 Å². The van der Waals surface area contributed by atoms with Crippen LogP contribution in [0.4, 0.5) is 5.69 Å². The maximum absolute atomic E-state index is 11.7. The Hall–Kier alpha value is -1.16. The summed E-state index contributed by atoms with van der Waals surface area (Å²) in [5, 5.41) is 5.75. The van der Waals surface area contributed by atoms with Crippen LogP contribution < -0.4 is 5.01 Å². The van der Waals surface area contributed by atoms with Crippen LogP contribution in [0.15, 0.2) is 33.8 Å². The molecule has 1 amide bonds. The topological polar surface area (TPSA) is 32.7 Å². The normalized spacial score (nSPS) is 15.7. The molecule has 1 aromatic carbocycles. The van der Waals surface area contributed by atoms with Crippen molar-refractivity contribution in [2.24, 2.45) is 5.10 Å². The number of carbonyl (C=O) groups is 1. The van der Waals surface area contributed by atoms with Gasteiger partial charge in [0, 0.05) is 10.2 Å². The van der Waals surface area contributed by atoms with Gasteiger partial charge in [-0.25, -0.2) is 5.01 Å². The lowest BCUT2D eigenvalue weighted by Crippen LogP contribution is -2.19. The zero-order chi connectivity index (χ0) is 10.8. The Morgan fingerprint density at radius 3 is 2.93 bits per heavy atom. The second-order valence-electron chi connectivity index (χ2n) is 3.38. The summed E-state index contributed by atoms with van der Waals surface area (Å²) in [4.78, 5) is 11.7. The number of halogens is 1. The van der Waals surface area contributed by atoms with Gasteiger partial charge >= 0.3 is 0 Å². The van der Waals surface area contributed by atoms with Crippen LogP contribution in [0.5, 0.6) is 0 Å².